The summed E-state index contributed by atoms with van der Waals surface area (Å²) in [6.07, 6.45) is 0. The van der Waals surface area contributed by atoms with Crippen LogP contribution in [0.4, 0.5) is 5.69 Å². The van der Waals surface area contributed by atoms with Crippen LogP contribution in [-0.4, -0.2) is 20.9 Å². The molecule has 4 aromatic rings. The molecule has 1 N–H and O–H groups in total. The summed E-state index contributed by atoms with van der Waals surface area (Å²) in [6.45, 7) is 1.82. The Hall–Kier alpha value is -3.93. The molecule has 138 valence electrons. The molecule has 4 rings (SSSR count). The third-order valence-electron chi connectivity index (χ3n) is 4.20. The fraction of sp³-hybridized carbons (Fsp3) is 0.0455. The van der Waals surface area contributed by atoms with Crippen molar-refractivity contribution in [1.29, 1.82) is 0 Å². The van der Waals surface area contributed by atoms with Crippen LogP contribution >= 0.6 is 0 Å². The number of benzene rings is 3. The number of anilines is 1. The van der Waals surface area contributed by atoms with E-state index in [1.54, 1.807) is 28.9 Å². The first-order chi connectivity index (χ1) is 13.7. The molecule has 28 heavy (non-hydrogen) atoms. The minimum Gasteiger partial charge on any atom is -0.457 e. The Balaban J connectivity index is 1.46. The number of para-hydroxylation sites is 2. The number of ether oxygens (including phenoxy) is 1. The monoisotopic (exact) mass is 370 g/mol. The fourth-order valence-corrected chi connectivity index (χ4v) is 2.77. The molecule has 0 aliphatic carbocycles. The topological polar surface area (TPSA) is 69.0 Å². The van der Waals surface area contributed by atoms with Gasteiger partial charge < -0.3 is 10.1 Å². The normalized spacial score (nSPS) is 10.5. The van der Waals surface area contributed by atoms with Gasteiger partial charge in [-0.05, 0) is 55.5 Å². The number of nitrogens with zero attached hydrogens (tertiary/aromatic N) is 3. The third kappa shape index (κ3) is 3.76. The molecular weight excluding hydrogens is 352 g/mol. The Bertz CT molecular complexity index is 1070. The van der Waals surface area contributed by atoms with Crippen LogP contribution in [-0.2, 0) is 0 Å². The van der Waals surface area contributed by atoms with Gasteiger partial charge in [-0.2, -0.15) is 0 Å². The second-order valence-electron chi connectivity index (χ2n) is 6.16. The van der Waals surface area contributed by atoms with E-state index >= 15 is 0 Å². The molecule has 0 unspecified atom stereocenters. The second-order valence-corrected chi connectivity index (χ2v) is 6.16. The molecule has 6 nitrogen and oxygen atoms in total. The van der Waals surface area contributed by atoms with Crippen molar-refractivity contribution >= 4 is 11.6 Å². The van der Waals surface area contributed by atoms with E-state index < -0.39 is 0 Å². The number of hydrogen-bond donors (Lipinski definition) is 1. The van der Waals surface area contributed by atoms with Crippen LogP contribution in [0.1, 0.15) is 16.2 Å². The van der Waals surface area contributed by atoms with E-state index in [1.807, 2.05) is 67.6 Å². The summed E-state index contributed by atoms with van der Waals surface area (Å²) < 4.78 is 7.40. The zero-order valence-electron chi connectivity index (χ0n) is 15.2. The summed E-state index contributed by atoms with van der Waals surface area (Å²) in [6, 6.07) is 26.3. The van der Waals surface area contributed by atoms with Gasteiger partial charge in [0.1, 0.15) is 11.5 Å². The highest BCUT2D eigenvalue weighted by Gasteiger charge is 2.17. The predicted octanol–water partition coefficient (Wildman–Crippen LogP) is 4.62. The van der Waals surface area contributed by atoms with E-state index in [-0.39, 0.29) is 11.6 Å². The molecule has 0 saturated carbocycles. The first-order valence-corrected chi connectivity index (χ1v) is 8.83. The summed E-state index contributed by atoms with van der Waals surface area (Å²) in [5, 5.41) is 11.0. The van der Waals surface area contributed by atoms with E-state index in [1.165, 1.54) is 0 Å². The lowest BCUT2D eigenvalue weighted by Gasteiger charge is -2.08. The average Bonchev–Trinajstić information content (AvgIpc) is 3.12. The van der Waals surface area contributed by atoms with Crippen molar-refractivity contribution in [3.05, 3.63) is 96.3 Å². The number of carbonyl (C=O) groups excluding carboxylic acids is 1. The molecule has 0 fully saturated rings. The number of amides is 1. The molecule has 1 amide bonds. The standard InChI is InChI=1S/C22H18N4O2/c1-16-21(24-25-26(16)18-8-4-2-5-9-18)22(27)23-17-12-14-20(15-13-17)28-19-10-6-3-7-11-19/h2-15H,1H3,(H,23,27). The van der Waals surface area contributed by atoms with Crippen molar-refractivity contribution in [2.75, 3.05) is 5.32 Å². The van der Waals surface area contributed by atoms with Gasteiger partial charge in [0, 0.05) is 5.69 Å². The fourth-order valence-electron chi connectivity index (χ4n) is 2.77. The van der Waals surface area contributed by atoms with Gasteiger partial charge in [-0.15, -0.1) is 5.10 Å². The van der Waals surface area contributed by atoms with E-state index in [0.717, 1.165) is 11.4 Å². The maximum absolute atomic E-state index is 12.6. The Morgan fingerprint density at radius 2 is 1.46 bits per heavy atom. The Morgan fingerprint density at radius 1 is 0.857 bits per heavy atom. The van der Waals surface area contributed by atoms with Crippen LogP contribution in [0.25, 0.3) is 5.69 Å². The van der Waals surface area contributed by atoms with Crippen molar-refractivity contribution in [3.8, 4) is 17.2 Å². The smallest absolute Gasteiger partial charge is 0.278 e. The van der Waals surface area contributed by atoms with Crippen LogP contribution in [0.2, 0.25) is 0 Å². The van der Waals surface area contributed by atoms with Crippen molar-refractivity contribution in [3.63, 3.8) is 0 Å². The summed E-state index contributed by atoms with van der Waals surface area (Å²) in [4.78, 5) is 12.6. The Kier molecular flexibility index (Phi) is 4.84. The van der Waals surface area contributed by atoms with E-state index in [9.17, 15) is 4.79 Å². The molecule has 0 aliphatic heterocycles. The van der Waals surface area contributed by atoms with Crippen LogP contribution in [0.5, 0.6) is 11.5 Å². The summed E-state index contributed by atoms with van der Waals surface area (Å²) in [5.74, 6) is 1.14. The number of hydrogen-bond acceptors (Lipinski definition) is 4. The van der Waals surface area contributed by atoms with Crippen molar-refractivity contribution in [2.45, 2.75) is 6.92 Å². The van der Waals surface area contributed by atoms with Crippen molar-refractivity contribution < 1.29 is 9.53 Å². The van der Waals surface area contributed by atoms with E-state index in [2.05, 4.69) is 15.6 Å². The highest BCUT2D eigenvalue weighted by Crippen LogP contribution is 2.23. The summed E-state index contributed by atoms with van der Waals surface area (Å²) >= 11 is 0. The molecule has 0 aliphatic rings. The molecule has 3 aromatic carbocycles. The molecule has 0 atom stereocenters. The number of rotatable bonds is 5. The minimum atomic E-state index is -0.309. The molecule has 1 heterocycles. The molecule has 0 spiro atoms. The lowest BCUT2D eigenvalue weighted by molar-refractivity contribution is 0.102. The zero-order chi connectivity index (χ0) is 19.3. The first kappa shape index (κ1) is 17.5. The molecule has 0 saturated heterocycles. The van der Waals surface area contributed by atoms with Gasteiger partial charge in [0.2, 0.25) is 0 Å². The van der Waals surface area contributed by atoms with Gasteiger partial charge in [-0.25, -0.2) is 4.68 Å². The Morgan fingerprint density at radius 3 is 2.14 bits per heavy atom. The molecular formula is C22H18N4O2. The van der Waals surface area contributed by atoms with Crippen molar-refractivity contribution in [1.82, 2.24) is 15.0 Å². The zero-order valence-corrected chi connectivity index (χ0v) is 15.2. The van der Waals surface area contributed by atoms with Crippen LogP contribution in [0, 0.1) is 6.92 Å². The van der Waals surface area contributed by atoms with Gasteiger partial charge in [0.15, 0.2) is 5.69 Å². The van der Waals surface area contributed by atoms with E-state index in [4.69, 9.17) is 4.74 Å². The highest BCUT2D eigenvalue weighted by molar-refractivity contribution is 6.03. The van der Waals surface area contributed by atoms with Gasteiger partial charge in [0.05, 0.1) is 11.4 Å². The number of nitrogens with one attached hydrogen (secondary N) is 1. The van der Waals surface area contributed by atoms with Gasteiger partial charge in [-0.3, -0.25) is 4.79 Å². The lowest BCUT2D eigenvalue weighted by atomic mass is 10.2. The quantitative estimate of drug-likeness (QED) is 0.556. The molecule has 0 radical (unpaired) electrons. The third-order valence-corrected chi connectivity index (χ3v) is 4.20. The van der Waals surface area contributed by atoms with Crippen molar-refractivity contribution in [2.24, 2.45) is 0 Å². The second kappa shape index (κ2) is 7.75. The van der Waals surface area contributed by atoms with Gasteiger partial charge in [-0.1, -0.05) is 41.6 Å². The van der Waals surface area contributed by atoms with Crippen LogP contribution < -0.4 is 10.1 Å². The first-order valence-electron chi connectivity index (χ1n) is 8.83. The van der Waals surface area contributed by atoms with E-state index in [0.29, 0.717) is 17.1 Å². The molecule has 0 bridgehead atoms. The number of aromatic nitrogens is 3. The minimum absolute atomic E-state index is 0.286. The largest absolute Gasteiger partial charge is 0.457 e. The van der Waals surface area contributed by atoms with Gasteiger partial charge in [0.25, 0.3) is 5.91 Å². The maximum Gasteiger partial charge on any atom is 0.278 e. The summed E-state index contributed by atoms with van der Waals surface area (Å²) in [7, 11) is 0. The molecule has 6 heteroatoms. The van der Waals surface area contributed by atoms with Crippen LogP contribution in [0.3, 0.4) is 0 Å². The lowest BCUT2D eigenvalue weighted by Crippen LogP contribution is -2.14. The van der Waals surface area contributed by atoms with Crippen LogP contribution in [0.15, 0.2) is 84.9 Å². The molecule has 1 aromatic heterocycles. The average molecular weight is 370 g/mol. The highest BCUT2D eigenvalue weighted by atomic mass is 16.5. The summed E-state index contributed by atoms with van der Waals surface area (Å²) in [5.41, 5.74) is 2.47. The Labute approximate surface area is 162 Å². The number of carbonyl (C=O) groups is 1. The van der Waals surface area contributed by atoms with Gasteiger partial charge >= 0.3 is 0 Å². The SMILES string of the molecule is Cc1c(C(=O)Nc2ccc(Oc3ccccc3)cc2)nnn1-c1ccccc1. The predicted molar refractivity (Wildman–Crippen MR) is 107 cm³/mol. The maximum atomic E-state index is 12.6.